The van der Waals surface area contributed by atoms with Crippen LogP contribution in [0.3, 0.4) is 0 Å². The zero-order valence-electron chi connectivity index (χ0n) is 16.5. The average molecular weight is 474 g/mol. The maximum Gasteiger partial charge on any atom is 0.191 e. The van der Waals surface area contributed by atoms with Crippen molar-refractivity contribution in [3.05, 3.63) is 29.8 Å². The number of benzene rings is 1. The highest BCUT2D eigenvalue weighted by molar-refractivity contribution is 14.0. The fraction of sp³-hybridized carbons (Fsp3) is 0.650. The third-order valence-electron chi connectivity index (χ3n) is 4.39. The van der Waals surface area contributed by atoms with E-state index in [2.05, 4.69) is 32.7 Å². The molecule has 1 heterocycles. The highest BCUT2D eigenvalue weighted by Gasteiger charge is 2.09. The second-order valence-electron chi connectivity index (χ2n) is 6.89. The summed E-state index contributed by atoms with van der Waals surface area (Å²) in [6.45, 7) is 9.48. The number of piperidine rings is 1. The molecule has 2 N–H and O–H groups in total. The van der Waals surface area contributed by atoms with Crippen LogP contribution in [0.5, 0.6) is 5.75 Å². The Balaban J connectivity index is 0.00000338. The fourth-order valence-corrected chi connectivity index (χ4v) is 3.07. The van der Waals surface area contributed by atoms with Crippen LogP contribution in [0.25, 0.3) is 0 Å². The van der Waals surface area contributed by atoms with Crippen molar-refractivity contribution >= 4 is 29.9 Å². The van der Waals surface area contributed by atoms with E-state index < -0.39 is 0 Å². The van der Waals surface area contributed by atoms with Crippen molar-refractivity contribution in [1.29, 1.82) is 0 Å². The number of aliphatic imine (C=N–C) groups is 1. The Morgan fingerprint density at radius 1 is 1.08 bits per heavy atom. The molecule has 26 heavy (non-hydrogen) atoms. The van der Waals surface area contributed by atoms with E-state index in [-0.39, 0.29) is 30.1 Å². The Labute approximate surface area is 176 Å². The van der Waals surface area contributed by atoms with E-state index in [0.29, 0.717) is 0 Å². The van der Waals surface area contributed by atoms with Gasteiger partial charge in [0, 0.05) is 26.7 Å². The summed E-state index contributed by atoms with van der Waals surface area (Å²) >= 11 is 0. The van der Waals surface area contributed by atoms with Crippen molar-refractivity contribution in [2.75, 3.05) is 39.8 Å². The molecular weight excluding hydrogens is 439 g/mol. The van der Waals surface area contributed by atoms with Crippen LogP contribution < -0.4 is 15.4 Å². The Morgan fingerprint density at radius 2 is 1.73 bits per heavy atom. The summed E-state index contributed by atoms with van der Waals surface area (Å²) in [6.07, 6.45) is 5.25. The summed E-state index contributed by atoms with van der Waals surface area (Å²) in [7, 11) is 1.83. The lowest BCUT2D eigenvalue weighted by Crippen LogP contribution is -2.43. The summed E-state index contributed by atoms with van der Waals surface area (Å²) in [5.74, 6) is 1.82. The van der Waals surface area contributed by atoms with Crippen LogP contribution in [-0.2, 0) is 6.42 Å². The zero-order valence-corrected chi connectivity index (χ0v) is 18.8. The van der Waals surface area contributed by atoms with Gasteiger partial charge < -0.3 is 20.3 Å². The van der Waals surface area contributed by atoms with Gasteiger partial charge in [0.2, 0.25) is 0 Å². The van der Waals surface area contributed by atoms with E-state index in [4.69, 9.17) is 4.74 Å². The van der Waals surface area contributed by atoms with Crippen LogP contribution in [0.4, 0.5) is 0 Å². The van der Waals surface area contributed by atoms with Gasteiger partial charge in [-0.2, -0.15) is 0 Å². The summed E-state index contributed by atoms with van der Waals surface area (Å²) in [6, 6.07) is 8.35. The molecule has 148 valence electrons. The second kappa shape index (κ2) is 13.2. The van der Waals surface area contributed by atoms with Crippen LogP contribution in [0.2, 0.25) is 0 Å². The Morgan fingerprint density at radius 3 is 2.35 bits per heavy atom. The number of likely N-dealkylation sites (tertiary alicyclic amines) is 1. The molecule has 1 aromatic carbocycles. The van der Waals surface area contributed by atoms with Crippen LogP contribution in [0, 0.1) is 0 Å². The molecule has 0 aliphatic carbocycles. The van der Waals surface area contributed by atoms with E-state index in [9.17, 15) is 0 Å². The number of nitrogens with zero attached hydrogens (tertiary/aromatic N) is 2. The Hall–Kier alpha value is -1.02. The van der Waals surface area contributed by atoms with Gasteiger partial charge >= 0.3 is 0 Å². The molecule has 5 nitrogen and oxygen atoms in total. The third kappa shape index (κ3) is 9.07. The lowest BCUT2D eigenvalue weighted by molar-refractivity contribution is 0.232. The summed E-state index contributed by atoms with van der Waals surface area (Å²) < 4.78 is 5.67. The first-order valence-electron chi connectivity index (χ1n) is 9.60. The predicted octanol–water partition coefficient (Wildman–Crippen LogP) is 3.29. The van der Waals surface area contributed by atoms with Gasteiger partial charge in [-0.25, -0.2) is 0 Å². The minimum Gasteiger partial charge on any atom is -0.491 e. The molecule has 0 saturated carbocycles. The van der Waals surface area contributed by atoms with E-state index in [0.717, 1.165) is 37.8 Å². The summed E-state index contributed by atoms with van der Waals surface area (Å²) in [5.41, 5.74) is 1.30. The van der Waals surface area contributed by atoms with E-state index >= 15 is 0 Å². The van der Waals surface area contributed by atoms with Gasteiger partial charge in [-0.05, 0) is 63.9 Å². The van der Waals surface area contributed by atoms with Crippen molar-refractivity contribution in [2.45, 2.75) is 45.6 Å². The molecule has 1 fully saturated rings. The first-order chi connectivity index (χ1) is 12.2. The first kappa shape index (κ1) is 23.0. The minimum atomic E-state index is 0. The smallest absolute Gasteiger partial charge is 0.191 e. The zero-order chi connectivity index (χ0) is 17.9. The lowest BCUT2D eigenvalue weighted by Gasteiger charge is -2.26. The van der Waals surface area contributed by atoms with Crippen LogP contribution in [-0.4, -0.2) is 56.7 Å². The molecule has 0 spiro atoms. The fourth-order valence-electron chi connectivity index (χ4n) is 3.07. The summed E-state index contributed by atoms with van der Waals surface area (Å²) in [4.78, 5) is 6.84. The van der Waals surface area contributed by atoms with Crippen molar-refractivity contribution < 1.29 is 4.74 Å². The maximum absolute atomic E-state index is 5.67. The molecule has 0 atom stereocenters. The quantitative estimate of drug-likeness (QED) is 0.345. The van der Waals surface area contributed by atoms with Gasteiger partial charge in [0.1, 0.15) is 5.75 Å². The Bertz CT molecular complexity index is 513. The minimum absolute atomic E-state index is 0. The molecular formula is C20H35IN4O. The number of ether oxygens (including phenoxy) is 1. The molecule has 0 amide bonds. The monoisotopic (exact) mass is 474 g/mol. The lowest BCUT2D eigenvalue weighted by atomic mass is 10.1. The molecule has 1 aliphatic rings. The van der Waals surface area contributed by atoms with Crippen molar-refractivity contribution in [3.63, 3.8) is 0 Å². The number of rotatable bonds is 8. The molecule has 1 aromatic rings. The van der Waals surface area contributed by atoms with Gasteiger partial charge in [0.25, 0.3) is 0 Å². The van der Waals surface area contributed by atoms with E-state index in [1.54, 1.807) is 0 Å². The van der Waals surface area contributed by atoms with Crippen LogP contribution in [0.15, 0.2) is 29.3 Å². The predicted molar refractivity (Wildman–Crippen MR) is 121 cm³/mol. The van der Waals surface area contributed by atoms with Gasteiger partial charge in [-0.3, -0.25) is 4.99 Å². The molecule has 0 unspecified atom stereocenters. The van der Waals surface area contributed by atoms with Gasteiger partial charge in [-0.1, -0.05) is 18.6 Å². The van der Waals surface area contributed by atoms with Crippen molar-refractivity contribution in [3.8, 4) is 5.75 Å². The summed E-state index contributed by atoms with van der Waals surface area (Å²) in [5, 5.41) is 6.80. The molecule has 0 radical (unpaired) electrons. The normalized spacial score (nSPS) is 15.5. The number of guanidine groups is 1. The third-order valence-corrected chi connectivity index (χ3v) is 4.39. The average Bonchev–Trinajstić information content (AvgIpc) is 2.62. The highest BCUT2D eigenvalue weighted by atomic mass is 127. The molecule has 0 bridgehead atoms. The number of nitrogens with one attached hydrogen (secondary N) is 2. The standard InChI is InChI=1S/C20H34N4O.HI/c1-17(2)25-19-9-7-18(8-10-19)11-12-22-20(21-3)23-13-16-24-14-5-4-6-15-24;/h7-10,17H,4-6,11-16H2,1-3H3,(H2,21,22,23);1H. The largest absolute Gasteiger partial charge is 0.491 e. The van der Waals surface area contributed by atoms with Gasteiger partial charge in [0.05, 0.1) is 6.10 Å². The van der Waals surface area contributed by atoms with Crippen LogP contribution in [0.1, 0.15) is 38.7 Å². The molecule has 6 heteroatoms. The number of hydrogen-bond donors (Lipinski definition) is 2. The van der Waals surface area contributed by atoms with E-state index in [1.165, 1.54) is 37.9 Å². The van der Waals surface area contributed by atoms with Gasteiger partial charge in [-0.15, -0.1) is 24.0 Å². The van der Waals surface area contributed by atoms with Crippen LogP contribution >= 0.6 is 24.0 Å². The highest BCUT2D eigenvalue weighted by Crippen LogP contribution is 2.14. The number of halogens is 1. The topological polar surface area (TPSA) is 48.9 Å². The molecule has 1 saturated heterocycles. The second-order valence-corrected chi connectivity index (χ2v) is 6.89. The SMILES string of the molecule is CN=C(NCCc1ccc(OC(C)C)cc1)NCCN1CCCCC1.I. The van der Waals surface area contributed by atoms with E-state index in [1.807, 2.05) is 33.0 Å². The van der Waals surface area contributed by atoms with Crippen molar-refractivity contribution in [1.82, 2.24) is 15.5 Å². The molecule has 2 rings (SSSR count). The molecule has 0 aromatic heterocycles. The van der Waals surface area contributed by atoms with Crippen molar-refractivity contribution in [2.24, 2.45) is 4.99 Å². The first-order valence-corrected chi connectivity index (χ1v) is 9.60. The number of hydrogen-bond acceptors (Lipinski definition) is 3. The Kier molecular flexibility index (Phi) is 11.7. The molecule has 1 aliphatic heterocycles. The van der Waals surface area contributed by atoms with Gasteiger partial charge in [0.15, 0.2) is 5.96 Å². The maximum atomic E-state index is 5.67.